The summed E-state index contributed by atoms with van der Waals surface area (Å²) in [7, 11) is 0. The van der Waals surface area contributed by atoms with Crippen molar-refractivity contribution in [2.45, 2.75) is 64.3 Å². The Morgan fingerprint density at radius 3 is 1.59 bits per heavy atom. The van der Waals surface area contributed by atoms with Gasteiger partial charge in [-0.1, -0.05) is 27.7 Å². The zero-order valence-electron chi connectivity index (χ0n) is 14.7. The fraction of sp³-hybridized carbons (Fsp3) is 0.647. The second kappa shape index (κ2) is 6.49. The molecule has 0 unspecified atom stereocenters. The van der Waals surface area contributed by atoms with Crippen molar-refractivity contribution < 1.29 is 0 Å². The van der Waals surface area contributed by atoms with Crippen LogP contribution in [0.2, 0.25) is 0 Å². The van der Waals surface area contributed by atoms with Crippen LogP contribution in [0.1, 0.15) is 70.9 Å². The molecule has 0 N–H and O–H groups in total. The van der Waals surface area contributed by atoms with E-state index in [9.17, 15) is 0 Å². The molecule has 0 aliphatic heterocycles. The highest BCUT2D eigenvalue weighted by Gasteiger charge is 2.33. The lowest BCUT2D eigenvalue weighted by Gasteiger charge is -2.33. The third kappa shape index (κ3) is 3.40. The summed E-state index contributed by atoms with van der Waals surface area (Å²) >= 11 is 1.84. The molecule has 0 atom stereocenters. The van der Waals surface area contributed by atoms with Crippen LogP contribution in [0.4, 0.5) is 0 Å². The maximum atomic E-state index is 4.80. The van der Waals surface area contributed by atoms with Crippen molar-refractivity contribution in [3.63, 3.8) is 0 Å². The van der Waals surface area contributed by atoms with E-state index in [0.717, 1.165) is 11.4 Å². The lowest BCUT2D eigenvalue weighted by Crippen LogP contribution is -2.36. The van der Waals surface area contributed by atoms with Gasteiger partial charge in [0.2, 0.25) is 0 Å². The molecule has 0 fully saturated rings. The number of hydrogen-bond acceptors (Lipinski definition) is 3. The standard InChI is InChI=1S/C17H28N4S/c1-12(2)14-8-10-20(18-14)16(17(5,6)22-7)21-11-9-15(19-21)13(3)4/h8-13,16H,1-7H3. The maximum absolute atomic E-state index is 4.80. The van der Waals surface area contributed by atoms with E-state index in [0.29, 0.717) is 11.8 Å². The highest BCUT2D eigenvalue weighted by atomic mass is 32.2. The van der Waals surface area contributed by atoms with Crippen molar-refractivity contribution in [3.05, 3.63) is 35.9 Å². The summed E-state index contributed by atoms with van der Waals surface area (Å²) in [6.07, 6.45) is 6.36. The highest BCUT2D eigenvalue weighted by molar-refractivity contribution is 7.99. The van der Waals surface area contributed by atoms with Crippen LogP contribution >= 0.6 is 11.8 Å². The molecule has 0 aromatic carbocycles. The van der Waals surface area contributed by atoms with Gasteiger partial charge in [0.25, 0.3) is 0 Å². The Morgan fingerprint density at radius 1 is 0.909 bits per heavy atom. The van der Waals surface area contributed by atoms with Crippen molar-refractivity contribution in [2.24, 2.45) is 0 Å². The van der Waals surface area contributed by atoms with Gasteiger partial charge in [-0.3, -0.25) is 0 Å². The lowest BCUT2D eigenvalue weighted by molar-refractivity contribution is 0.297. The topological polar surface area (TPSA) is 35.6 Å². The van der Waals surface area contributed by atoms with E-state index in [4.69, 9.17) is 10.2 Å². The van der Waals surface area contributed by atoms with Gasteiger partial charge in [0.05, 0.1) is 16.1 Å². The quantitative estimate of drug-likeness (QED) is 0.785. The summed E-state index contributed by atoms with van der Waals surface area (Å²) in [6.45, 7) is 13.2. The minimum atomic E-state index is -0.0134. The van der Waals surface area contributed by atoms with E-state index in [1.165, 1.54) is 0 Å². The molecule has 22 heavy (non-hydrogen) atoms. The molecule has 2 aromatic rings. The number of aromatic nitrogens is 4. The van der Waals surface area contributed by atoms with Crippen LogP contribution in [0.5, 0.6) is 0 Å². The summed E-state index contributed by atoms with van der Waals surface area (Å²) in [4.78, 5) is 0. The molecule has 0 aliphatic rings. The van der Waals surface area contributed by atoms with E-state index >= 15 is 0 Å². The highest BCUT2D eigenvalue weighted by Crippen LogP contribution is 2.35. The minimum Gasteiger partial charge on any atom is -0.246 e. The summed E-state index contributed by atoms with van der Waals surface area (Å²) in [5.41, 5.74) is 2.25. The molecule has 0 aliphatic carbocycles. The Labute approximate surface area is 138 Å². The Bertz CT molecular complexity index is 563. The van der Waals surface area contributed by atoms with Crippen molar-refractivity contribution in [2.75, 3.05) is 6.26 Å². The summed E-state index contributed by atoms with van der Waals surface area (Å²) in [5.74, 6) is 0.867. The third-order valence-electron chi connectivity index (χ3n) is 4.09. The molecule has 0 saturated heterocycles. The number of thioether (sulfide) groups is 1. The monoisotopic (exact) mass is 320 g/mol. The van der Waals surface area contributed by atoms with E-state index in [-0.39, 0.29) is 10.9 Å². The van der Waals surface area contributed by atoms with Gasteiger partial charge >= 0.3 is 0 Å². The van der Waals surface area contributed by atoms with Gasteiger partial charge in [0.15, 0.2) is 6.17 Å². The SMILES string of the molecule is CSC(C)(C)C(n1ccc(C(C)C)n1)n1ccc(C(C)C)n1. The van der Waals surface area contributed by atoms with Crippen LogP contribution in [0.3, 0.4) is 0 Å². The molecule has 0 bridgehead atoms. The molecule has 5 heteroatoms. The largest absolute Gasteiger partial charge is 0.246 e. The second-order valence-electron chi connectivity index (χ2n) is 6.93. The van der Waals surface area contributed by atoms with Gasteiger partial charge in [0, 0.05) is 12.4 Å². The van der Waals surface area contributed by atoms with Gasteiger partial charge in [0.1, 0.15) is 0 Å². The Kier molecular flexibility index (Phi) is 5.05. The zero-order chi connectivity index (χ0) is 16.5. The Hall–Kier alpha value is -1.23. The average Bonchev–Trinajstić information content (AvgIpc) is 3.08. The van der Waals surface area contributed by atoms with Crippen molar-refractivity contribution in [1.82, 2.24) is 19.6 Å². The van der Waals surface area contributed by atoms with E-state index in [1.807, 2.05) is 11.8 Å². The molecule has 4 nitrogen and oxygen atoms in total. The molecule has 2 rings (SSSR count). The molecule has 122 valence electrons. The Morgan fingerprint density at radius 2 is 1.32 bits per heavy atom. The second-order valence-corrected chi connectivity index (χ2v) is 8.39. The number of hydrogen-bond donors (Lipinski definition) is 0. The lowest BCUT2D eigenvalue weighted by atomic mass is 10.1. The first kappa shape index (κ1) is 17.1. The molecule has 2 aromatic heterocycles. The average molecular weight is 321 g/mol. The predicted molar refractivity (Wildman–Crippen MR) is 94.7 cm³/mol. The summed E-state index contributed by atoms with van der Waals surface area (Å²) < 4.78 is 4.10. The van der Waals surface area contributed by atoms with E-state index in [1.54, 1.807) is 0 Å². The van der Waals surface area contributed by atoms with Crippen LogP contribution in [0.15, 0.2) is 24.5 Å². The van der Waals surface area contributed by atoms with Crippen LogP contribution < -0.4 is 0 Å². The van der Waals surface area contributed by atoms with Crippen LogP contribution in [-0.4, -0.2) is 30.6 Å². The van der Waals surface area contributed by atoms with Gasteiger partial charge in [-0.25, -0.2) is 9.36 Å². The predicted octanol–water partition coefficient (Wildman–Crippen LogP) is 4.51. The number of rotatable bonds is 6. The first-order valence-corrected chi connectivity index (χ1v) is 9.14. The molecule has 0 amide bonds. The zero-order valence-corrected chi connectivity index (χ0v) is 15.6. The first-order chi connectivity index (χ1) is 10.3. The molecule has 0 spiro atoms. The van der Waals surface area contributed by atoms with Crippen molar-refractivity contribution in [1.29, 1.82) is 0 Å². The molecule has 0 radical (unpaired) electrons. The van der Waals surface area contributed by atoms with Crippen molar-refractivity contribution >= 4 is 11.8 Å². The normalized spacial score (nSPS) is 12.8. The van der Waals surface area contributed by atoms with Gasteiger partial charge in [-0.05, 0) is 44.1 Å². The number of nitrogens with zero attached hydrogens (tertiary/aromatic N) is 4. The summed E-state index contributed by atoms with van der Waals surface area (Å²) in [5, 5.41) is 9.59. The summed E-state index contributed by atoms with van der Waals surface area (Å²) in [6, 6.07) is 4.22. The van der Waals surface area contributed by atoms with E-state index in [2.05, 4.69) is 81.7 Å². The fourth-order valence-electron chi connectivity index (χ4n) is 2.46. The molecular formula is C17H28N4S. The smallest absolute Gasteiger partial charge is 0.157 e. The molecule has 2 heterocycles. The van der Waals surface area contributed by atoms with Gasteiger partial charge in [-0.15, -0.1) is 0 Å². The van der Waals surface area contributed by atoms with Gasteiger partial charge < -0.3 is 0 Å². The first-order valence-electron chi connectivity index (χ1n) is 7.91. The Balaban J connectivity index is 2.46. The van der Waals surface area contributed by atoms with Crippen LogP contribution in [0, 0.1) is 0 Å². The molecule has 0 saturated carbocycles. The van der Waals surface area contributed by atoms with Gasteiger partial charge in [-0.2, -0.15) is 22.0 Å². The van der Waals surface area contributed by atoms with Crippen molar-refractivity contribution in [3.8, 4) is 0 Å². The maximum Gasteiger partial charge on any atom is 0.157 e. The van der Waals surface area contributed by atoms with Crippen LogP contribution in [-0.2, 0) is 0 Å². The van der Waals surface area contributed by atoms with Crippen LogP contribution in [0.25, 0.3) is 0 Å². The van der Waals surface area contributed by atoms with E-state index < -0.39 is 0 Å². The minimum absolute atomic E-state index is 0.0134. The third-order valence-corrected chi connectivity index (χ3v) is 5.35. The fourth-order valence-corrected chi connectivity index (χ4v) is 2.88. The molecular weight excluding hydrogens is 292 g/mol.